The molecule has 9 heteroatoms. The maximum absolute atomic E-state index is 13.7. The number of rotatable bonds is 3. The lowest BCUT2D eigenvalue weighted by Crippen LogP contribution is -2.39. The molecule has 0 saturated heterocycles. The zero-order chi connectivity index (χ0) is 29.5. The molecule has 1 fully saturated rings. The molecular formula is C32H35N5O4. The summed E-state index contributed by atoms with van der Waals surface area (Å²) in [5, 5.41) is 15.2. The summed E-state index contributed by atoms with van der Waals surface area (Å²) in [4.78, 5) is 31.7. The monoisotopic (exact) mass is 553 g/mol. The number of aryl methyl sites for hydroxylation is 1. The fourth-order valence-corrected chi connectivity index (χ4v) is 5.32. The fraction of sp³-hybridized carbons (Fsp3) is 0.312. The van der Waals surface area contributed by atoms with Crippen molar-refractivity contribution in [2.24, 2.45) is 5.73 Å². The quantitative estimate of drug-likeness (QED) is 0.261. The Balaban J connectivity index is 0.000000372. The van der Waals surface area contributed by atoms with Gasteiger partial charge < -0.3 is 20.6 Å². The number of aromatic amines is 1. The number of benzene rings is 2. The van der Waals surface area contributed by atoms with Crippen LogP contribution in [0.15, 0.2) is 71.7 Å². The second-order valence-electron chi connectivity index (χ2n) is 11.9. The molecule has 0 unspecified atom stereocenters. The molecule has 41 heavy (non-hydrogen) atoms. The number of fused-ring (bicyclic) bond motifs is 3. The van der Waals surface area contributed by atoms with Crippen LogP contribution in [0.1, 0.15) is 57.7 Å². The molecule has 212 valence electrons. The number of aromatic nitrogens is 4. The number of ether oxygens (including phenoxy) is 1. The number of hydrogen-bond donors (Lipinski definition) is 3. The Morgan fingerprint density at radius 2 is 1.76 bits per heavy atom. The maximum Gasteiger partial charge on any atom is 0.405 e. The van der Waals surface area contributed by atoms with Crippen LogP contribution >= 0.6 is 0 Å². The third-order valence-corrected chi connectivity index (χ3v) is 7.08. The molecule has 0 radical (unpaired) electrons. The molecule has 1 aliphatic carbocycles. The van der Waals surface area contributed by atoms with Gasteiger partial charge in [-0.1, -0.05) is 54.6 Å². The average Bonchev–Trinajstić information content (AvgIpc) is 3.27. The molecule has 0 aliphatic heterocycles. The molecule has 2 aromatic carbocycles. The van der Waals surface area contributed by atoms with E-state index in [4.69, 9.17) is 5.73 Å². The van der Waals surface area contributed by atoms with Crippen molar-refractivity contribution in [3.05, 3.63) is 88.3 Å². The van der Waals surface area contributed by atoms with Gasteiger partial charge >= 0.3 is 6.09 Å². The van der Waals surface area contributed by atoms with Crippen molar-refractivity contribution in [1.82, 2.24) is 19.6 Å². The molecule has 1 saturated carbocycles. The van der Waals surface area contributed by atoms with Crippen molar-refractivity contribution >= 4 is 22.8 Å². The molecule has 0 bridgehead atoms. The lowest BCUT2D eigenvalue weighted by molar-refractivity contribution is -0.0313. The normalized spacial score (nSPS) is 18.4. The number of amides is 1. The number of carbonyl (C=O) groups excluding carboxylic acids is 1. The van der Waals surface area contributed by atoms with Gasteiger partial charge in [0.25, 0.3) is 0 Å². The van der Waals surface area contributed by atoms with Gasteiger partial charge in [-0.3, -0.25) is 4.79 Å². The highest BCUT2D eigenvalue weighted by atomic mass is 16.6. The number of aliphatic hydroxyl groups is 1. The van der Waals surface area contributed by atoms with Gasteiger partial charge in [0.1, 0.15) is 11.2 Å². The van der Waals surface area contributed by atoms with E-state index in [0.717, 1.165) is 35.4 Å². The van der Waals surface area contributed by atoms with Crippen LogP contribution in [0, 0.1) is 6.92 Å². The van der Waals surface area contributed by atoms with E-state index in [1.54, 1.807) is 31.5 Å². The molecule has 9 nitrogen and oxygen atoms in total. The van der Waals surface area contributed by atoms with Crippen LogP contribution in [0.25, 0.3) is 39.1 Å². The molecule has 4 N–H and O–H groups in total. The zero-order valence-corrected chi connectivity index (χ0v) is 23.9. The first kappa shape index (κ1) is 28.0. The van der Waals surface area contributed by atoms with E-state index in [-0.39, 0.29) is 5.43 Å². The topological polar surface area (TPSA) is 136 Å². The van der Waals surface area contributed by atoms with Crippen LogP contribution in [0.2, 0.25) is 0 Å². The van der Waals surface area contributed by atoms with Crippen LogP contribution in [-0.2, 0) is 4.74 Å². The Bertz CT molecular complexity index is 1770. The Hall–Kier alpha value is -4.50. The summed E-state index contributed by atoms with van der Waals surface area (Å²) in [6, 6.07) is 19.9. The largest absolute Gasteiger partial charge is 0.444 e. The standard InChI is InChI=1S/C27H24N4O2.C5H11NO2/c1-16-12-22-28-15-21-25(32)23(18-6-4-3-5-7-18)24(29-26(21)31(22)30-16)19-10-8-17(9-11-19)20-13-27(2,33)14-20;1-5(2,3)8-4(6)7/h3-12,15,20,33H,13-14H2,1-2H3,(H,29,32);1-3H3,(H2,6,7). The predicted molar refractivity (Wildman–Crippen MR) is 160 cm³/mol. The van der Waals surface area contributed by atoms with Gasteiger partial charge in [-0.05, 0) is 70.1 Å². The van der Waals surface area contributed by atoms with Crippen LogP contribution in [-0.4, -0.2) is 42.0 Å². The minimum absolute atomic E-state index is 0.0772. The third-order valence-electron chi connectivity index (χ3n) is 7.08. The van der Waals surface area contributed by atoms with Gasteiger partial charge in [-0.25, -0.2) is 9.78 Å². The van der Waals surface area contributed by atoms with E-state index in [9.17, 15) is 14.7 Å². The summed E-state index contributed by atoms with van der Waals surface area (Å²) in [5.74, 6) is 0.371. The predicted octanol–water partition coefficient (Wildman–Crippen LogP) is 5.72. The number of nitrogens with zero attached hydrogens (tertiary/aromatic N) is 3. The molecule has 5 aromatic rings. The molecule has 3 heterocycles. The van der Waals surface area contributed by atoms with E-state index < -0.39 is 17.3 Å². The average molecular weight is 554 g/mol. The molecule has 6 rings (SSSR count). The van der Waals surface area contributed by atoms with E-state index in [1.165, 1.54) is 5.56 Å². The van der Waals surface area contributed by atoms with Crippen LogP contribution in [0.5, 0.6) is 0 Å². The molecule has 0 spiro atoms. The zero-order valence-electron chi connectivity index (χ0n) is 23.9. The highest BCUT2D eigenvalue weighted by Crippen LogP contribution is 2.44. The lowest BCUT2D eigenvalue weighted by Gasteiger charge is -2.41. The summed E-state index contributed by atoms with van der Waals surface area (Å²) in [5.41, 5.74) is 10.2. The Labute approximate surface area is 238 Å². The first-order chi connectivity index (χ1) is 19.3. The number of carbonyl (C=O) groups is 1. The molecule has 3 aromatic heterocycles. The summed E-state index contributed by atoms with van der Waals surface area (Å²) in [6.07, 6.45) is 2.46. The van der Waals surface area contributed by atoms with Crippen LogP contribution in [0.4, 0.5) is 4.79 Å². The van der Waals surface area contributed by atoms with Crippen molar-refractivity contribution in [1.29, 1.82) is 0 Å². The highest BCUT2D eigenvalue weighted by molar-refractivity contribution is 5.90. The second kappa shape index (κ2) is 10.5. The summed E-state index contributed by atoms with van der Waals surface area (Å²) >= 11 is 0. The van der Waals surface area contributed by atoms with Gasteiger partial charge in [0.15, 0.2) is 5.65 Å². The highest BCUT2D eigenvalue weighted by Gasteiger charge is 2.38. The number of hydrogen-bond acceptors (Lipinski definition) is 6. The third kappa shape index (κ3) is 6.00. The Morgan fingerprint density at radius 1 is 1.10 bits per heavy atom. The van der Waals surface area contributed by atoms with E-state index in [2.05, 4.69) is 44.1 Å². The fourth-order valence-electron chi connectivity index (χ4n) is 5.32. The molecule has 1 amide bonds. The first-order valence-electron chi connectivity index (χ1n) is 13.6. The van der Waals surface area contributed by atoms with Gasteiger partial charge in [0, 0.05) is 12.3 Å². The molecular weight excluding hydrogens is 518 g/mol. The van der Waals surface area contributed by atoms with Crippen molar-refractivity contribution < 1.29 is 14.6 Å². The smallest absolute Gasteiger partial charge is 0.405 e. The molecule has 1 aliphatic rings. The van der Waals surface area contributed by atoms with Crippen molar-refractivity contribution in [3.63, 3.8) is 0 Å². The van der Waals surface area contributed by atoms with Gasteiger partial charge in [-0.2, -0.15) is 9.61 Å². The van der Waals surface area contributed by atoms with Crippen molar-refractivity contribution in [2.45, 2.75) is 64.6 Å². The summed E-state index contributed by atoms with van der Waals surface area (Å²) in [6.45, 7) is 9.08. The summed E-state index contributed by atoms with van der Waals surface area (Å²) in [7, 11) is 0. The Morgan fingerprint density at radius 3 is 2.32 bits per heavy atom. The number of pyridine rings is 1. The lowest BCUT2D eigenvalue weighted by atomic mass is 9.69. The minimum atomic E-state index is -0.725. The van der Waals surface area contributed by atoms with E-state index >= 15 is 0 Å². The molecule has 0 atom stereocenters. The number of primary amides is 1. The number of nitrogens with one attached hydrogen (secondary N) is 1. The van der Waals surface area contributed by atoms with E-state index in [0.29, 0.717) is 28.2 Å². The van der Waals surface area contributed by atoms with Gasteiger partial charge in [0.2, 0.25) is 5.43 Å². The maximum atomic E-state index is 13.7. The van der Waals surface area contributed by atoms with Gasteiger partial charge in [-0.15, -0.1) is 0 Å². The first-order valence-corrected chi connectivity index (χ1v) is 13.6. The van der Waals surface area contributed by atoms with Crippen molar-refractivity contribution in [3.8, 4) is 22.4 Å². The SMILES string of the molecule is CC(C)(C)OC(N)=O.Cc1cc2ncc3c(=O)c(-c4ccccc4)c(-c4ccc(C5CC(C)(O)C5)cc4)[nH]c3n2n1. The Kier molecular flexibility index (Phi) is 7.17. The van der Waals surface area contributed by atoms with Crippen LogP contribution < -0.4 is 11.2 Å². The van der Waals surface area contributed by atoms with E-state index in [1.807, 2.05) is 50.2 Å². The minimum Gasteiger partial charge on any atom is -0.444 e. The van der Waals surface area contributed by atoms with Crippen molar-refractivity contribution in [2.75, 3.05) is 0 Å². The number of nitrogens with two attached hydrogens (primary N) is 1. The number of H-pyrrole nitrogens is 1. The second-order valence-corrected chi connectivity index (χ2v) is 11.9. The van der Waals surface area contributed by atoms with Crippen LogP contribution in [0.3, 0.4) is 0 Å². The summed E-state index contributed by atoms with van der Waals surface area (Å²) < 4.78 is 6.28. The van der Waals surface area contributed by atoms with Gasteiger partial charge in [0.05, 0.1) is 27.9 Å².